The summed E-state index contributed by atoms with van der Waals surface area (Å²) in [6, 6.07) is 10.2. The number of rotatable bonds is 2. The first-order chi connectivity index (χ1) is 12.2. The molecule has 2 saturated carbocycles. The van der Waals surface area contributed by atoms with Crippen LogP contribution in [0.4, 0.5) is 0 Å². The summed E-state index contributed by atoms with van der Waals surface area (Å²) in [6.45, 7) is 0.448. The number of hydrogen-bond acceptors (Lipinski definition) is 5. The summed E-state index contributed by atoms with van der Waals surface area (Å²) < 4.78 is 6.16. The third-order valence-electron chi connectivity index (χ3n) is 5.80. The van der Waals surface area contributed by atoms with Crippen molar-refractivity contribution in [3.63, 3.8) is 0 Å². The molecule has 2 heterocycles. The van der Waals surface area contributed by atoms with E-state index in [1.54, 1.807) is 0 Å². The minimum Gasteiger partial charge on any atom is -0.371 e. The number of benzene rings is 1. The molecule has 1 amide bonds. The zero-order chi connectivity index (χ0) is 17.0. The Bertz CT molecular complexity index is 761. The number of aliphatic imine (C=N–C) groups is 1. The van der Waals surface area contributed by atoms with Crippen molar-refractivity contribution in [3.05, 3.63) is 35.9 Å². The first-order valence-electron chi connectivity index (χ1n) is 8.92. The maximum absolute atomic E-state index is 12.6. The summed E-state index contributed by atoms with van der Waals surface area (Å²) in [5.74, 6) is 0.613. The topological polar surface area (TPSA) is 67.8 Å². The fourth-order valence-electron chi connectivity index (χ4n) is 4.25. The Labute approximate surface area is 150 Å². The van der Waals surface area contributed by atoms with Crippen molar-refractivity contribution in [3.8, 4) is 0 Å². The van der Waals surface area contributed by atoms with Crippen LogP contribution in [-0.4, -0.2) is 34.3 Å². The van der Waals surface area contributed by atoms with E-state index >= 15 is 0 Å². The molecule has 130 valence electrons. The average molecular weight is 356 g/mol. The predicted molar refractivity (Wildman–Crippen MR) is 95.3 cm³/mol. The predicted octanol–water partition coefficient (Wildman–Crippen LogP) is 2.47. The Balaban J connectivity index is 1.38. The highest BCUT2D eigenvalue weighted by molar-refractivity contribution is 8.15. The standard InChI is InChI=1S/C19H20N2O3S/c22-14-8-13-9-15(11-4-2-1-3-5-11)24-10-19(13)16(14)25-18(21-19)20-17(23)12-6-7-12/h1-5,12-13,15-16H,6-10H2,(H,20,21,23)/t13-,15-,16+,19-/m0/s1. The van der Waals surface area contributed by atoms with Gasteiger partial charge in [-0.3, -0.25) is 14.6 Å². The Morgan fingerprint density at radius 2 is 2.08 bits per heavy atom. The molecule has 5 nitrogen and oxygen atoms in total. The molecule has 0 unspecified atom stereocenters. The van der Waals surface area contributed by atoms with Crippen LogP contribution in [0.2, 0.25) is 0 Å². The zero-order valence-corrected chi connectivity index (χ0v) is 14.6. The van der Waals surface area contributed by atoms with Crippen molar-refractivity contribution in [2.45, 2.75) is 42.6 Å². The van der Waals surface area contributed by atoms with Gasteiger partial charge in [0.25, 0.3) is 0 Å². The molecule has 1 spiro atoms. The normalized spacial score (nSPS) is 36.6. The lowest BCUT2D eigenvalue weighted by atomic mass is 9.80. The molecular formula is C19H20N2O3S. The Kier molecular flexibility index (Phi) is 3.54. The smallest absolute Gasteiger partial charge is 0.229 e. The molecule has 0 radical (unpaired) electrons. The first kappa shape index (κ1) is 15.6. The van der Waals surface area contributed by atoms with E-state index in [0.29, 0.717) is 18.2 Å². The monoisotopic (exact) mass is 356 g/mol. The van der Waals surface area contributed by atoms with Gasteiger partial charge in [0.2, 0.25) is 5.91 Å². The summed E-state index contributed by atoms with van der Waals surface area (Å²) in [6.07, 6.45) is 3.32. The minimum atomic E-state index is -0.487. The van der Waals surface area contributed by atoms with Gasteiger partial charge in [0.1, 0.15) is 11.3 Å². The second-order valence-electron chi connectivity index (χ2n) is 7.48. The first-order valence-corrected chi connectivity index (χ1v) is 9.80. The molecule has 1 aromatic rings. The molecule has 1 N–H and O–H groups in total. The second kappa shape index (κ2) is 5.68. The van der Waals surface area contributed by atoms with Crippen molar-refractivity contribution in [1.82, 2.24) is 5.32 Å². The number of nitrogens with zero attached hydrogens (tertiary/aromatic N) is 1. The molecule has 5 rings (SSSR count). The van der Waals surface area contributed by atoms with Gasteiger partial charge in [0.05, 0.1) is 18.0 Å². The van der Waals surface area contributed by atoms with Gasteiger partial charge >= 0.3 is 0 Å². The van der Waals surface area contributed by atoms with Gasteiger partial charge in [-0.2, -0.15) is 0 Å². The number of ketones is 1. The second-order valence-corrected chi connectivity index (χ2v) is 8.58. The maximum Gasteiger partial charge on any atom is 0.229 e. The van der Waals surface area contributed by atoms with Crippen LogP contribution in [0.25, 0.3) is 0 Å². The van der Waals surface area contributed by atoms with E-state index in [4.69, 9.17) is 9.73 Å². The molecule has 0 aromatic heterocycles. The number of amidine groups is 1. The van der Waals surface area contributed by atoms with Crippen LogP contribution < -0.4 is 5.32 Å². The fourth-order valence-corrected chi connectivity index (χ4v) is 5.60. The van der Waals surface area contributed by atoms with Gasteiger partial charge in [-0.1, -0.05) is 42.1 Å². The number of amides is 1. The Hall–Kier alpha value is -1.66. The molecular weight excluding hydrogens is 336 g/mol. The van der Waals surface area contributed by atoms with Gasteiger partial charge < -0.3 is 10.1 Å². The van der Waals surface area contributed by atoms with Crippen molar-refractivity contribution in [2.75, 3.05) is 6.61 Å². The van der Waals surface area contributed by atoms with Gasteiger partial charge in [0.15, 0.2) is 5.17 Å². The summed E-state index contributed by atoms with van der Waals surface area (Å²) in [5.41, 5.74) is 0.671. The Morgan fingerprint density at radius 1 is 1.28 bits per heavy atom. The average Bonchev–Trinajstić information content (AvgIpc) is 3.36. The summed E-state index contributed by atoms with van der Waals surface area (Å²) in [7, 11) is 0. The Morgan fingerprint density at radius 3 is 2.84 bits per heavy atom. The van der Waals surface area contributed by atoms with Crippen LogP contribution in [0.1, 0.15) is 37.4 Å². The number of hydrogen-bond donors (Lipinski definition) is 1. The third kappa shape index (κ3) is 2.54. The van der Waals surface area contributed by atoms with Gasteiger partial charge in [0, 0.05) is 12.3 Å². The fraction of sp³-hybridized carbons (Fsp3) is 0.526. The number of thioether (sulfide) groups is 1. The molecule has 2 aliphatic heterocycles. The molecule has 0 bridgehead atoms. The lowest BCUT2D eigenvalue weighted by Crippen LogP contribution is -2.47. The number of Topliss-reactive ketones (excluding diaryl/α,β-unsaturated/α-hetero) is 1. The van der Waals surface area contributed by atoms with E-state index in [-0.39, 0.29) is 34.9 Å². The van der Waals surface area contributed by atoms with E-state index < -0.39 is 5.54 Å². The summed E-state index contributed by atoms with van der Waals surface area (Å²) in [5, 5.41) is 3.33. The number of nitrogens with one attached hydrogen (secondary N) is 1. The molecule has 6 heteroatoms. The van der Waals surface area contributed by atoms with Gasteiger partial charge in [-0.25, -0.2) is 0 Å². The summed E-state index contributed by atoms with van der Waals surface area (Å²) in [4.78, 5) is 29.4. The van der Waals surface area contributed by atoms with Crippen molar-refractivity contribution >= 4 is 28.6 Å². The lowest BCUT2D eigenvalue weighted by molar-refractivity contribution is -0.121. The molecule has 4 atom stereocenters. The van der Waals surface area contributed by atoms with Crippen LogP contribution in [0.15, 0.2) is 35.3 Å². The quantitative estimate of drug-likeness (QED) is 0.884. The SMILES string of the molecule is O=C(NC1=N[C@@]23CO[C@H](c4ccccc4)C[C@@H]2CC(=O)[C@H]3S1)C1CC1. The van der Waals surface area contributed by atoms with E-state index in [9.17, 15) is 9.59 Å². The molecule has 3 fully saturated rings. The minimum absolute atomic E-state index is 0.0219. The lowest BCUT2D eigenvalue weighted by Gasteiger charge is -2.39. The largest absolute Gasteiger partial charge is 0.371 e. The molecule has 1 aromatic carbocycles. The van der Waals surface area contributed by atoms with Crippen molar-refractivity contribution < 1.29 is 14.3 Å². The van der Waals surface area contributed by atoms with Gasteiger partial charge in [-0.15, -0.1) is 0 Å². The van der Waals surface area contributed by atoms with Crippen molar-refractivity contribution in [2.24, 2.45) is 16.8 Å². The van der Waals surface area contributed by atoms with Crippen LogP contribution in [0, 0.1) is 11.8 Å². The van der Waals surface area contributed by atoms with Crippen LogP contribution in [-0.2, 0) is 14.3 Å². The molecule has 2 aliphatic carbocycles. The molecule has 4 aliphatic rings. The van der Waals surface area contributed by atoms with Gasteiger partial charge in [-0.05, 0) is 30.7 Å². The van der Waals surface area contributed by atoms with E-state index in [1.807, 2.05) is 18.2 Å². The van der Waals surface area contributed by atoms with Crippen molar-refractivity contribution in [1.29, 1.82) is 0 Å². The highest BCUT2D eigenvalue weighted by atomic mass is 32.2. The van der Waals surface area contributed by atoms with E-state index in [0.717, 1.165) is 24.8 Å². The van der Waals surface area contributed by atoms with E-state index in [2.05, 4.69) is 17.4 Å². The summed E-state index contributed by atoms with van der Waals surface area (Å²) >= 11 is 1.42. The third-order valence-corrected chi connectivity index (χ3v) is 7.13. The molecule has 1 saturated heterocycles. The van der Waals surface area contributed by atoms with Crippen LogP contribution >= 0.6 is 11.8 Å². The van der Waals surface area contributed by atoms with E-state index in [1.165, 1.54) is 11.8 Å². The number of carbonyl (C=O) groups excluding carboxylic acids is 2. The van der Waals surface area contributed by atoms with Crippen LogP contribution in [0.3, 0.4) is 0 Å². The molecule has 25 heavy (non-hydrogen) atoms. The number of ether oxygens (including phenoxy) is 1. The number of carbonyl (C=O) groups is 2. The zero-order valence-electron chi connectivity index (χ0n) is 13.8. The highest BCUT2D eigenvalue weighted by Gasteiger charge is 2.61. The van der Waals surface area contributed by atoms with Crippen LogP contribution in [0.5, 0.6) is 0 Å². The highest BCUT2D eigenvalue weighted by Crippen LogP contribution is 2.54. The maximum atomic E-state index is 12.6.